The highest BCUT2D eigenvalue weighted by Crippen LogP contribution is 2.22. The second-order valence-corrected chi connectivity index (χ2v) is 3.39. The summed E-state index contributed by atoms with van der Waals surface area (Å²) in [6.07, 6.45) is 4.52. The Labute approximate surface area is 97.1 Å². The summed E-state index contributed by atoms with van der Waals surface area (Å²) in [5, 5.41) is 0. The number of anilines is 1. The Hall–Kier alpha value is -2.52. The maximum atomic E-state index is 11.6. The van der Waals surface area contributed by atoms with Crippen molar-refractivity contribution in [2.75, 3.05) is 4.90 Å². The normalized spacial score (nSPS) is 14.7. The molecule has 0 saturated heterocycles. The Morgan fingerprint density at radius 1 is 1.18 bits per heavy atom. The number of isocyanates is 1. The minimum Gasteiger partial charge on any atom is -0.274 e. The van der Waals surface area contributed by atoms with E-state index in [0.29, 0.717) is 11.4 Å². The van der Waals surface area contributed by atoms with E-state index in [9.17, 15) is 14.4 Å². The molecule has 2 amide bonds. The largest absolute Gasteiger partial charge is 0.274 e. The highest BCUT2D eigenvalue weighted by atomic mass is 16.2. The van der Waals surface area contributed by atoms with Gasteiger partial charge >= 0.3 is 0 Å². The summed E-state index contributed by atoms with van der Waals surface area (Å²) in [7, 11) is 0. The van der Waals surface area contributed by atoms with Gasteiger partial charge in [-0.3, -0.25) is 9.59 Å². The molecular weight excluding hydrogens is 220 g/mol. The van der Waals surface area contributed by atoms with Gasteiger partial charge in [0.25, 0.3) is 5.91 Å². The lowest BCUT2D eigenvalue weighted by atomic mass is 10.2. The predicted molar refractivity (Wildman–Crippen MR) is 60.5 cm³/mol. The number of benzene rings is 1. The quantitative estimate of drug-likeness (QED) is 0.437. The molecule has 0 radical (unpaired) electrons. The molecule has 0 spiro atoms. The monoisotopic (exact) mass is 228 g/mol. The van der Waals surface area contributed by atoms with Crippen LogP contribution < -0.4 is 4.90 Å². The van der Waals surface area contributed by atoms with E-state index in [-0.39, 0.29) is 18.2 Å². The molecule has 0 aromatic heterocycles. The third kappa shape index (κ3) is 2.19. The number of rotatable bonds is 2. The maximum absolute atomic E-state index is 11.6. The summed E-state index contributed by atoms with van der Waals surface area (Å²) in [4.78, 5) is 37.7. The summed E-state index contributed by atoms with van der Waals surface area (Å²) in [5.41, 5.74) is 0.894. The zero-order valence-electron chi connectivity index (χ0n) is 8.79. The predicted octanol–water partition coefficient (Wildman–Crippen LogP) is 1.47. The van der Waals surface area contributed by atoms with Crippen molar-refractivity contribution in [3.63, 3.8) is 0 Å². The molecule has 1 aromatic carbocycles. The number of hydrogen-bond acceptors (Lipinski definition) is 4. The first kappa shape index (κ1) is 11.0. The number of carbonyl (C=O) groups is 2. The molecule has 0 atom stereocenters. The van der Waals surface area contributed by atoms with Crippen LogP contribution >= 0.6 is 0 Å². The molecule has 0 N–H and O–H groups in total. The van der Waals surface area contributed by atoms with Crippen molar-refractivity contribution in [3.05, 3.63) is 36.4 Å². The number of carbonyl (C=O) groups excluding carboxylic acids is 3. The van der Waals surface area contributed by atoms with Crippen LogP contribution in [0, 0.1) is 0 Å². The van der Waals surface area contributed by atoms with Crippen LogP contribution in [0.4, 0.5) is 11.4 Å². The molecule has 5 nitrogen and oxygen atoms in total. The van der Waals surface area contributed by atoms with E-state index < -0.39 is 0 Å². The standard InChI is InChI=1S/C12H8N2O3/c15-8-13-9-4-6-10(7-5-9)14-11(16)2-1-3-12(14)17/h1-2,4-7H,3H2. The van der Waals surface area contributed by atoms with Crippen LogP contribution in [-0.2, 0) is 14.4 Å². The first-order valence-corrected chi connectivity index (χ1v) is 4.94. The van der Waals surface area contributed by atoms with E-state index in [4.69, 9.17) is 0 Å². The van der Waals surface area contributed by atoms with Crippen LogP contribution in [0.25, 0.3) is 0 Å². The Bertz CT molecular complexity index is 539. The van der Waals surface area contributed by atoms with Gasteiger partial charge in [-0.05, 0) is 24.3 Å². The Morgan fingerprint density at radius 3 is 2.47 bits per heavy atom. The van der Waals surface area contributed by atoms with E-state index in [1.165, 1.54) is 18.2 Å². The van der Waals surface area contributed by atoms with Crippen LogP contribution in [0.5, 0.6) is 0 Å². The molecule has 0 aliphatic carbocycles. The van der Waals surface area contributed by atoms with Crippen LogP contribution in [0.1, 0.15) is 6.42 Å². The first-order chi connectivity index (χ1) is 8.22. The van der Waals surface area contributed by atoms with Crippen molar-refractivity contribution >= 4 is 29.3 Å². The van der Waals surface area contributed by atoms with Crippen LogP contribution in [0.15, 0.2) is 41.4 Å². The van der Waals surface area contributed by atoms with Gasteiger partial charge < -0.3 is 0 Å². The molecule has 17 heavy (non-hydrogen) atoms. The average molecular weight is 228 g/mol. The number of imide groups is 1. The second-order valence-electron chi connectivity index (χ2n) is 3.39. The lowest BCUT2D eigenvalue weighted by molar-refractivity contribution is -0.124. The molecule has 0 unspecified atom stereocenters. The topological polar surface area (TPSA) is 66.8 Å². The van der Waals surface area contributed by atoms with E-state index in [1.807, 2.05) is 0 Å². The lowest BCUT2D eigenvalue weighted by Crippen LogP contribution is -2.37. The molecular formula is C12H8N2O3. The number of amides is 2. The summed E-state index contributed by atoms with van der Waals surface area (Å²) in [6, 6.07) is 6.20. The first-order valence-electron chi connectivity index (χ1n) is 4.94. The Kier molecular flexibility index (Phi) is 2.94. The van der Waals surface area contributed by atoms with Crippen LogP contribution in [0.3, 0.4) is 0 Å². The fraction of sp³-hybridized carbons (Fsp3) is 0.0833. The Balaban J connectivity index is 2.33. The summed E-state index contributed by atoms with van der Waals surface area (Å²) >= 11 is 0. The van der Waals surface area contributed by atoms with Gasteiger partial charge in [-0.15, -0.1) is 0 Å². The number of aliphatic imine (C=N–C) groups is 1. The lowest BCUT2D eigenvalue weighted by Gasteiger charge is -2.21. The van der Waals surface area contributed by atoms with E-state index in [2.05, 4.69) is 4.99 Å². The minimum absolute atomic E-state index is 0.208. The van der Waals surface area contributed by atoms with Gasteiger partial charge in [-0.2, -0.15) is 4.99 Å². The summed E-state index contributed by atoms with van der Waals surface area (Å²) in [5.74, 6) is -0.642. The average Bonchev–Trinajstić information content (AvgIpc) is 2.31. The SMILES string of the molecule is O=C=Nc1ccc(N2C(=O)C=CCC2=O)cc1. The van der Waals surface area contributed by atoms with Gasteiger partial charge in [-0.25, -0.2) is 9.69 Å². The molecule has 1 aliphatic rings. The third-order valence-corrected chi connectivity index (χ3v) is 2.31. The third-order valence-electron chi connectivity index (χ3n) is 2.31. The van der Waals surface area contributed by atoms with Crippen molar-refractivity contribution in [2.24, 2.45) is 4.99 Å². The van der Waals surface area contributed by atoms with Gasteiger partial charge in [0.1, 0.15) is 0 Å². The zero-order valence-corrected chi connectivity index (χ0v) is 8.79. The van der Waals surface area contributed by atoms with Gasteiger partial charge in [-0.1, -0.05) is 6.08 Å². The fourth-order valence-corrected chi connectivity index (χ4v) is 1.55. The van der Waals surface area contributed by atoms with E-state index in [1.54, 1.807) is 24.3 Å². The molecule has 1 aliphatic heterocycles. The van der Waals surface area contributed by atoms with E-state index >= 15 is 0 Å². The molecule has 0 saturated carbocycles. The molecule has 84 valence electrons. The molecule has 1 heterocycles. The zero-order chi connectivity index (χ0) is 12.3. The molecule has 5 heteroatoms. The second kappa shape index (κ2) is 4.55. The van der Waals surface area contributed by atoms with Crippen LogP contribution in [0.2, 0.25) is 0 Å². The summed E-state index contributed by atoms with van der Waals surface area (Å²) < 4.78 is 0. The smallest absolute Gasteiger partial charge is 0.257 e. The summed E-state index contributed by atoms with van der Waals surface area (Å²) in [6.45, 7) is 0. The minimum atomic E-state index is -0.368. The number of hydrogen-bond donors (Lipinski definition) is 0. The van der Waals surface area contributed by atoms with Gasteiger partial charge in [0, 0.05) is 12.5 Å². The van der Waals surface area contributed by atoms with Gasteiger partial charge in [0.15, 0.2) is 0 Å². The molecule has 2 rings (SSSR count). The highest BCUT2D eigenvalue weighted by Gasteiger charge is 2.23. The highest BCUT2D eigenvalue weighted by molar-refractivity contribution is 6.21. The van der Waals surface area contributed by atoms with Crippen molar-refractivity contribution in [1.29, 1.82) is 0 Å². The fourth-order valence-electron chi connectivity index (χ4n) is 1.55. The van der Waals surface area contributed by atoms with Crippen molar-refractivity contribution < 1.29 is 14.4 Å². The van der Waals surface area contributed by atoms with Crippen molar-refractivity contribution in [1.82, 2.24) is 0 Å². The van der Waals surface area contributed by atoms with Gasteiger partial charge in [0.05, 0.1) is 11.4 Å². The van der Waals surface area contributed by atoms with Gasteiger partial charge in [0.2, 0.25) is 12.0 Å². The molecule has 1 aromatic rings. The van der Waals surface area contributed by atoms with E-state index in [0.717, 1.165) is 4.90 Å². The van der Waals surface area contributed by atoms with Crippen LogP contribution in [-0.4, -0.2) is 17.9 Å². The maximum Gasteiger partial charge on any atom is 0.257 e. The molecule has 0 bridgehead atoms. The number of nitrogens with zero attached hydrogens (tertiary/aromatic N) is 2. The molecule has 0 fully saturated rings. The van der Waals surface area contributed by atoms with Crippen molar-refractivity contribution in [2.45, 2.75) is 6.42 Å². The van der Waals surface area contributed by atoms with Crippen molar-refractivity contribution in [3.8, 4) is 0 Å². The Morgan fingerprint density at radius 2 is 1.88 bits per heavy atom.